The van der Waals surface area contributed by atoms with Gasteiger partial charge >= 0.3 is 6.03 Å². The van der Waals surface area contributed by atoms with E-state index in [9.17, 15) is 4.79 Å². The highest BCUT2D eigenvalue weighted by Crippen LogP contribution is 2.30. The van der Waals surface area contributed by atoms with Crippen molar-refractivity contribution in [1.29, 1.82) is 0 Å². The summed E-state index contributed by atoms with van der Waals surface area (Å²) in [5, 5.41) is 5.90. The van der Waals surface area contributed by atoms with Gasteiger partial charge in [-0.2, -0.15) is 0 Å². The molecule has 1 aliphatic rings. The third-order valence-electron chi connectivity index (χ3n) is 3.72. The molecular formula is C15H22N2O3. The minimum Gasteiger partial charge on any atom is -0.495 e. The highest BCUT2D eigenvalue weighted by molar-refractivity contribution is 5.91. The minimum atomic E-state index is -0.235. The standard InChI is InChI=1S/C15H22N2O3/c1-19-11-15(9-5-6-10-15)17-14(18)16-12-7-3-4-8-13(12)20-2/h3-4,7-8H,5-6,9-11H2,1-2H3,(H2,16,17,18). The van der Waals surface area contributed by atoms with E-state index in [-0.39, 0.29) is 11.6 Å². The summed E-state index contributed by atoms with van der Waals surface area (Å²) >= 11 is 0. The van der Waals surface area contributed by atoms with Crippen LogP contribution in [0.4, 0.5) is 10.5 Å². The van der Waals surface area contributed by atoms with Crippen LogP contribution in [0.25, 0.3) is 0 Å². The highest BCUT2D eigenvalue weighted by Gasteiger charge is 2.35. The molecule has 1 fully saturated rings. The second-order valence-electron chi connectivity index (χ2n) is 5.20. The van der Waals surface area contributed by atoms with Crippen LogP contribution in [0, 0.1) is 0 Å². The predicted molar refractivity (Wildman–Crippen MR) is 78.2 cm³/mol. The van der Waals surface area contributed by atoms with E-state index in [1.165, 1.54) is 0 Å². The van der Waals surface area contributed by atoms with Gasteiger partial charge in [0.25, 0.3) is 0 Å². The highest BCUT2D eigenvalue weighted by atomic mass is 16.5. The molecule has 1 aromatic rings. The molecule has 0 heterocycles. The van der Waals surface area contributed by atoms with Gasteiger partial charge in [-0.1, -0.05) is 25.0 Å². The molecule has 1 aliphatic carbocycles. The number of benzene rings is 1. The van der Waals surface area contributed by atoms with Crippen LogP contribution >= 0.6 is 0 Å². The van der Waals surface area contributed by atoms with Crippen molar-refractivity contribution >= 4 is 11.7 Å². The number of para-hydroxylation sites is 2. The van der Waals surface area contributed by atoms with Gasteiger partial charge in [0.2, 0.25) is 0 Å². The second-order valence-corrected chi connectivity index (χ2v) is 5.20. The summed E-state index contributed by atoms with van der Waals surface area (Å²) < 4.78 is 10.5. The second kappa shape index (κ2) is 6.61. The number of carbonyl (C=O) groups is 1. The molecule has 2 rings (SSSR count). The van der Waals surface area contributed by atoms with Gasteiger partial charge in [0.15, 0.2) is 0 Å². The summed E-state index contributed by atoms with van der Waals surface area (Å²) in [6.07, 6.45) is 4.16. The number of carbonyl (C=O) groups excluding carboxylic acids is 1. The number of urea groups is 1. The predicted octanol–water partition coefficient (Wildman–Crippen LogP) is 2.78. The van der Waals surface area contributed by atoms with Crippen LogP contribution < -0.4 is 15.4 Å². The monoisotopic (exact) mass is 278 g/mol. The number of ether oxygens (including phenoxy) is 2. The fraction of sp³-hybridized carbons (Fsp3) is 0.533. The smallest absolute Gasteiger partial charge is 0.319 e. The van der Waals surface area contributed by atoms with Crippen molar-refractivity contribution in [2.75, 3.05) is 26.1 Å². The van der Waals surface area contributed by atoms with Gasteiger partial charge in [-0.05, 0) is 25.0 Å². The molecule has 0 aromatic heterocycles. The van der Waals surface area contributed by atoms with E-state index in [1.807, 2.05) is 24.3 Å². The summed E-state index contributed by atoms with van der Waals surface area (Å²) in [5.74, 6) is 0.648. The molecule has 0 radical (unpaired) electrons. The van der Waals surface area contributed by atoms with Crippen LogP contribution in [0.3, 0.4) is 0 Å². The summed E-state index contributed by atoms with van der Waals surface area (Å²) in [6.45, 7) is 0.548. The third-order valence-corrected chi connectivity index (χ3v) is 3.72. The van der Waals surface area contributed by atoms with Gasteiger partial charge in [0.1, 0.15) is 5.75 Å². The number of hydrogen-bond donors (Lipinski definition) is 2. The number of rotatable bonds is 5. The number of anilines is 1. The normalized spacial score (nSPS) is 16.7. The number of hydrogen-bond acceptors (Lipinski definition) is 3. The Morgan fingerprint density at radius 3 is 2.60 bits per heavy atom. The first kappa shape index (κ1) is 14.7. The lowest BCUT2D eigenvalue weighted by molar-refractivity contribution is 0.117. The van der Waals surface area contributed by atoms with Crippen molar-refractivity contribution < 1.29 is 14.3 Å². The average molecular weight is 278 g/mol. The first-order valence-electron chi connectivity index (χ1n) is 6.90. The molecule has 1 saturated carbocycles. The van der Waals surface area contributed by atoms with E-state index in [0.29, 0.717) is 18.0 Å². The van der Waals surface area contributed by atoms with Crippen molar-refractivity contribution in [3.8, 4) is 5.75 Å². The van der Waals surface area contributed by atoms with Crippen molar-refractivity contribution in [1.82, 2.24) is 5.32 Å². The van der Waals surface area contributed by atoms with Crippen LogP contribution in [0.2, 0.25) is 0 Å². The Bertz CT molecular complexity index is 456. The maximum Gasteiger partial charge on any atom is 0.319 e. The Morgan fingerprint density at radius 1 is 1.25 bits per heavy atom. The lowest BCUT2D eigenvalue weighted by Gasteiger charge is -2.29. The van der Waals surface area contributed by atoms with E-state index in [1.54, 1.807) is 14.2 Å². The topological polar surface area (TPSA) is 59.6 Å². The minimum absolute atomic E-state index is 0.214. The maximum atomic E-state index is 12.2. The zero-order valence-corrected chi connectivity index (χ0v) is 12.1. The SMILES string of the molecule is COCC1(NC(=O)Nc2ccccc2OC)CCCC1. The molecule has 0 aliphatic heterocycles. The van der Waals surface area contributed by atoms with Gasteiger partial charge in [0.05, 0.1) is 24.9 Å². The van der Waals surface area contributed by atoms with E-state index in [4.69, 9.17) is 9.47 Å². The molecule has 0 unspecified atom stereocenters. The van der Waals surface area contributed by atoms with E-state index in [2.05, 4.69) is 10.6 Å². The van der Waals surface area contributed by atoms with Crippen molar-refractivity contribution in [3.63, 3.8) is 0 Å². The van der Waals surface area contributed by atoms with Crippen molar-refractivity contribution in [3.05, 3.63) is 24.3 Å². The molecule has 0 bridgehead atoms. The molecule has 5 nitrogen and oxygen atoms in total. The molecule has 20 heavy (non-hydrogen) atoms. The Hall–Kier alpha value is -1.75. The van der Waals surface area contributed by atoms with Crippen molar-refractivity contribution in [2.24, 2.45) is 0 Å². The summed E-state index contributed by atoms with van der Waals surface area (Å²) in [7, 11) is 3.25. The summed E-state index contributed by atoms with van der Waals surface area (Å²) in [4.78, 5) is 12.2. The Kier molecular flexibility index (Phi) is 4.84. The first-order chi connectivity index (χ1) is 9.69. The fourth-order valence-corrected chi connectivity index (χ4v) is 2.78. The Morgan fingerprint density at radius 2 is 1.95 bits per heavy atom. The first-order valence-corrected chi connectivity index (χ1v) is 6.90. The molecule has 2 amide bonds. The molecule has 5 heteroatoms. The van der Waals surface area contributed by atoms with Gasteiger partial charge in [0, 0.05) is 7.11 Å². The Balaban J connectivity index is 2.01. The zero-order chi connectivity index (χ0) is 14.4. The van der Waals surface area contributed by atoms with Crippen LogP contribution in [0.5, 0.6) is 5.75 Å². The molecule has 0 atom stereocenters. The molecule has 0 saturated heterocycles. The van der Waals surface area contributed by atoms with Gasteiger partial charge < -0.3 is 20.1 Å². The molecule has 110 valence electrons. The fourth-order valence-electron chi connectivity index (χ4n) is 2.78. The summed E-state index contributed by atoms with van der Waals surface area (Å²) in [6, 6.07) is 7.14. The van der Waals surface area contributed by atoms with Crippen LogP contribution in [-0.2, 0) is 4.74 Å². The van der Waals surface area contributed by atoms with Gasteiger partial charge in [-0.25, -0.2) is 4.79 Å². The van der Waals surface area contributed by atoms with Gasteiger partial charge in [-0.3, -0.25) is 0 Å². The van der Waals surface area contributed by atoms with Crippen molar-refractivity contribution in [2.45, 2.75) is 31.2 Å². The van der Waals surface area contributed by atoms with E-state index < -0.39 is 0 Å². The van der Waals surface area contributed by atoms with E-state index >= 15 is 0 Å². The molecule has 1 aromatic carbocycles. The lowest BCUT2D eigenvalue weighted by Crippen LogP contribution is -2.51. The van der Waals surface area contributed by atoms with Gasteiger partial charge in [-0.15, -0.1) is 0 Å². The number of amides is 2. The van der Waals surface area contributed by atoms with Crippen LogP contribution in [0.15, 0.2) is 24.3 Å². The maximum absolute atomic E-state index is 12.2. The lowest BCUT2D eigenvalue weighted by atomic mass is 9.99. The number of nitrogens with one attached hydrogen (secondary N) is 2. The molecular weight excluding hydrogens is 256 g/mol. The van der Waals surface area contributed by atoms with Crippen LogP contribution in [0.1, 0.15) is 25.7 Å². The Labute approximate surface area is 119 Å². The average Bonchev–Trinajstić information content (AvgIpc) is 2.88. The summed E-state index contributed by atoms with van der Waals surface area (Å²) in [5.41, 5.74) is 0.430. The number of methoxy groups -OCH3 is 2. The molecule has 0 spiro atoms. The van der Waals surface area contributed by atoms with E-state index in [0.717, 1.165) is 25.7 Å². The zero-order valence-electron chi connectivity index (χ0n) is 12.1. The largest absolute Gasteiger partial charge is 0.495 e. The third kappa shape index (κ3) is 3.42. The molecule has 2 N–H and O–H groups in total. The van der Waals surface area contributed by atoms with Crippen LogP contribution in [-0.4, -0.2) is 32.4 Å². The quantitative estimate of drug-likeness (QED) is 0.870.